The van der Waals surface area contributed by atoms with Crippen LogP contribution in [0.1, 0.15) is 22.4 Å². The van der Waals surface area contributed by atoms with Gasteiger partial charge in [0.25, 0.3) is 0 Å². The normalized spacial score (nSPS) is 13.1. The Bertz CT molecular complexity index is 1540. The van der Waals surface area contributed by atoms with Crippen LogP contribution in [0.15, 0.2) is 91.1 Å². The lowest BCUT2D eigenvalue weighted by Gasteiger charge is -2.31. The lowest BCUT2D eigenvalue weighted by molar-refractivity contribution is 0.125. The van der Waals surface area contributed by atoms with E-state index in [0.29, 0.717) is 43.2 Å². The SMILES string of the molecule is OC(c1cccc(Cl)c1)(c1ccnc(CF)c1)c1ccc2nc(Cl)c(-c3ccccc3)c(Cl)c2c1. The molecular weight excluding hydrogens is 506 g/mol. The fourth-order valence-corrected chi connectivity index (χ4v) is 5.15. The minimum Gasteiger partial charge on any atom is -0.376 e. The topological polar surface area (TPSA) is 46.0 Å². The van der Waals surface area contributed by atoms with Crippen molar-refractivity contribution in [2.24, 2.45) is 0 Å². The average Bonchev–Trinajstić information content (AvgIpc) is 2.88. The average molecular weight is 524 g/mol. The van der Waals surface area contributed by atoms with Crippen molar-refractivity contribution in [1.82, 2.24) is 9.97 Å². The number of aliphatic hydroxyl groups is 1. The van der Waals surface area contributed by atoms with E-state index in [4.69, 9.17) is 34.8 Å². The Morgan fingerprint density at radius 1 is 0.800 bits per heavy atom. The predicted octanol–water partition coefficient (Wildman–Crippen LogP) is 8.01. The summed E-state index contributed by atoms with van der Waals surface area (Å²) in [6, 6.07) is 24.9. The number of hydrogen-bond acceptors (Lipinski definition) is 3. The molecule has 0 saturated heterocycles. The summed E-state index contributed by atoms with van der Waals surface area (Å²) < 4.78 is 13.5. The van der Waals surface area contributed by atoms with Crippen molar-refractivity contribution in [1.29, 1.82) is 0 Å². The second kappa shape index (κ2) is 9.56. The Kier molecular flexibility index (Phi) is 6.47. The van der Waals surface area contributed by atoms with Gasteiger partial charge in [-0.05, 0) is 58.7 Å². The molecule has 0 fully saturated rings. The van der Waals surface area contributed by atoms with Crippen molar-refractivity contribution in [3.05, 3.63) is 129 Å². The fraction of sp³-hybridized carbons (Fsp3) is 0.0714. The first-order valence-electron chi connectivity index (χ1n) is 10.8. The summed E-state index contributed by atoms with van der Waals surface area (Å²) in [6.45, 7) is -0.758. The van der Waals surface area contributed by atoms with Gasteiger partial charge in [0.05, 0.1) is 16.2 Å². The maximum Gasteiger partial charge on any atom is 0.140 e. The highest BCUT2D eigenvalue weighted by Crippen LogP contribution is 2.42. The first-order valence-corrected chi connectivity index (χ1v) is 11.9. The lowest BCUT2D eigenvalue weighted by atomic mass is 9.80. The van der Waals surface area contributed by atoms with Crippen LogP contribution >= 0.6 is 34.8 Å². The summed E-state index contributed by atoms with van der Waals surface area (Å²) in [5.74, 6) is 0. The van der Waals surface area contributed by atoms with E-state index in [9.17, 15) is 9.50 Å². The number of rotatable bonds is 5. The Balaban J connectivity index is 1.79. The highest BCUT2D eigenvalue weighted by Gasteiger charge is 2.35. The zero-order valence-corrected chi connectivity index (χ0v) is 20.5. The number of nitrogens with zero attached hydrogens (tertiary/aromatic N) is 2. The first kappa shape index (κ1) is 23.7. The van der Waals surface area contributed by atoms with Gasteiger partial charge >= 0.3 is 0 Å². The third-order valence-corrected chi connectivity index (χ3v) is 6.87. The summed E-state index contributed by atoms with van der Waals surface area (Å²) in [6.07, 6.45) is 1.47. The zero-order chi connectivity index (χ0) is 24.6. The second-order valence-electron chi connectivity index (χ2n) is 8.08. The summed E-state index contributed by atoms with van der Waals surface area (Å²) in [5, 5.41) is 14.0. The third-order valence-electron chi connectivity index (χ3n) is 5.97. The molecule has 174 valence electrons. The molecule has 3 aromatic carbocycles. The first-order chi connectivity index (χ1) is 16.9. The Morgan fingerprint density at radius 3 is 2.29 bits per heavy atom. The van der Waals surface area contributed by atoms with Crippen LogP contribution in [0, 0.1) is 0 Å². The Morgan fingerprint density at radius 2 is 1.54 bits per heavy atom. The van der Waals surface area contributed by atoms with E-state index in [0.717, 1.165) is 5.56 Å². The number of fused-ring (bicyclic) bond motifs is 1. The molecule has 0 spiro atoms. The van der Waals surface area contributed by atoms with Gasteiger partial charge in [0.1, 0.15) is 17.4 Å². The summed E-state index contributed by atoms with van der Waals surface area (Å²) in [7, 11) is 0. The number of aromatic nitrogens is 2. The smallest absolute Gasteiger partial charge is 0.140 e. The van der Waals surface area contributed by atoms with Gasteiger partial charge in [-0.15, -0.1) is 0 Å². The van der Waals surface area contributed by atoms with Crippen molar-refractivity contribution < 1.29 is 9.50 Å². The van der Waals surface area contributed by atoms with Gasteiger partial charge in [-0.3, -0.25) is 4.98 Å². The molecule has 2 aromatic heterocycles. The molecule has 5 aromatic rings. The molecular formula is C28H18Cl3FN2O. The van der Waals surface area contributed by atoms with Crippen LogP contribution < -0.4 is 0 Å². The molecule has 1 N–H and O–H groups in total. The molecule has 1 atom stereocenters. The fourth-order valence-electron chi connectivity index (χ4n) is 4.26. The van der Waals surface area contributed by atoms with Gasteiger partial charge in [-0.25, -0.2) is 9.37 Å². The highest BCUT2D eigenvalue weighted by molar-refractivity contribution is 6.42. The van der Waals surface area contributed by atoms with Gasteiger partial charge in [-0.2, -0.15) is 0 Å². The van der Waals surface area contributed by atoms with Gasteiger partial charge in [-0.1, -0.05) is 83.3 Å². The molecule has 3 nitrogen and oxygen atoms in total. The largest absolute Gasteiger partial charge is 0.376 e. The number of hydrogen-bond donors (Lipinski definition) is 1. The molecule has 0 aliphatic carbocycles. The van der Waals surface area contributed by atoms with Gasteiger partial charge in [0.15, 0.2) is 0 Å². The number of pyridine rings is 2. The van der Waals surface area contributed by atoms with Crippen molar-refractivity contribution in [3.63, 3.8) is 0 Å². The minimum absolute atomic E-state index is 0.210. The van der Waals surface area contributed by atoms with Crippen LogP contribution in [-0.4, -0.2) is 15.1 Å². The maximum atomic E-state index is 13.5. The number of alkyl halides is 1. The highest BCUT2D eigenvalue weighted by atomic mass is 35.5. The molecule has 7 heteroatoms. The van der Waals surface area contributed by atoms with Crippen molar-refractivity contribution >= 4 is 45.7 Å². The monoisotopic (exact) mass is 522 g/mol. The van der Waals surface area contributed by atoms with E-state index >= 15 is 0 Å². The standard InChI is InChI=1S/C28H18Cl3FN2O/c29-21-8-4-7-18(13-21)28(35,20-11-12-33-22(14-20)16-32)19-9-10-24-23(15-19)26(30)25(27(31)34-24)17-5-2-1-3-6-17/h1-15,35H,16H2. The van der Waals surface area contributed by atoms with Gasteiger partial charge in [0, 0.05) is 22.2 Å². The maximum absolute atomic E-state index is 13.5. The van der Waals surface area contributed by atoms with Crippen molar-refractivity contribution in [3.8, 4) is 11.1 Å². The zero-order valence-electron chi connectivity index (χ0n) is 18.2. The van der Waals surface area contributed by atoms with E-state index in [1.807, 2.05) is 30.3 Å². The van der Waals surface area contributed by atoms with Crippen molar-refractivity contribution in [2.75, 3.05) is 0 Å². The molecule has 1 unspecified atom stereocenters. The molecule has 0 amide bonds. The van der Waals surface area contributed by atoms with Crippen LogP contribution in [-0.2, 0) is 12.3 Å². The molecule has 0 aliphatic heterocycles. The molecule has 0 radical (unpaired) electrons. The lowest BCUT2D eigenvalue weighted by Crippen LogP contribution is -2.29. The Hall–Kier alpha value is -3.02. The molecule has 0 aliphatic rings. The summed E-state index contributed by atoms with van der Waals surface area (Å²) >= 11 is 19.7. The molecule has 0 bridgehead atoms. The summed E-state index contributed by atoms with van der Waals surface area (Å²) in [5.41, 5.74) is 2.03. The minimum atomic E-state index is -1.66. The molecule has 0 saturated carbocycles. The van der Waals surface area contributed by atoms with E-state index in [2.05, 4.69) is 9.97 Å². The molecule has 35 heavy (non-hydrogen) atoms. The van der Waals surface area contributed by atoms with Crippen LogP contribution in [0.2, 0.25) is 15.2 Å². The van der Waals surface area contributed by atoms with E-state index in [1.165, 1.54) is 6.20 Å². The van der Waals surface area contributed by atoms with E-state index in [-0.39, 0.29) is 10.8 Å². The third kappa shape index (κ3) is 4.28. The van der Waals surface area contributed by atoms with Gasteiger partial charge in [0.2, 0.25) is 0 Å². The van der Waals surface area contributed by atoms with Crippen LogP contribution in [0.25, 0.3) is 22.0 Å². The van der Waals surface area contributed by atoms with E-state index in [1.54, 1.807) is 54.6 Å². The van der Waals surface area contributed by atoms with E-state index < -0.39 is 12.3 Å². The van der Waals surface area contributed by atoms with Crippen LogP contribution in [0.5, 0.6) is 0 Å². The Labute approximate surface area is 216 Å². The number of halogens is 4. The van der Waals surface area contributed by atoms with Gasteiger partial charge < -0.3 is 5.11 Å². The van der Waals surface area contributed by atoms with Crippen LogP contribution in [0.3, 0.4) is 0 Å². The number of benzene rings is 3. The second-order valence-corrected chi connectivity index (χ2v) is 9.25. The van der Waals surface area contributed by atoms with Crippen LogP contribution in [0.4, 0.5) is 4.39 Å². The molecule has 2 heterocycles. The summed E-state index contributed by atoms with van der Waals surface area (Å²) in [4.78, 5) is 8.58. The quantitative estimate of drug-likeness (QED) is 0.237. The van der Waals surface area contributed by atoms with Crippen molar-refractivity contribution in [2.45, 2.75) is 12.3 Å². The molecule has 5 rings (SSSR count). The predicted molar refractivity (Wildman–Crippen MR) is 140 cm³/mol.